The van der Waals surface area contributed by atoms with Gasteiger partial charge in [-0.05, 0) is 24.0 Å². The molecule has 72 valence electrons. The van der Waals surface area contributed by atoms with E-state index in [1.807, 2.05) is 13.0 Å². The second-order valence-corrected chi connectivity index (χ2v) is 4.51. The van der Waals surface area contributed by atoms with Gasteiger partial charge in [-0.3, -0.25) is 0 Å². The van der Waals surface area contributed by atoms with Crippen molar-refractivity contribution >= 4 is 34.8 Å². The lowest BCUT2D eigenvalue weighted by Crippen LogP contribution is -1.92. The van der Waals surface area contributed by atoms with Crippen LogP contribution in [0.2, 0.25) is 15.1 Å². The predicted octanol–water partition coefficient (Wildman–Crippen LogP) is 5.08. The quantitative estimate of drug-likeness (QED) is 0.598. The van der Waals surface area contributed by atoms with Crippen LogP contribution in [0.5, 0.6) is 0 Å². The summed E-state index contributed by atoms with van der Waals surface area (Å²) in [6.45, 7) is 6.08. The topological polar surface area (TPSA) is 0 Å². The number of hydrogen-bond acceptors (Lipinski definition) is 0. The summed E-state index contributed by atoms with van der Waals surface area (Å²) >= 11 is 18.0. The molecule has 0 aliphatic heterocycles. The van der Waals surface area contributed by atoms with Crippen molar-refractivity contribution in [3.8, 4) is 0 Å². The predicted molar refractivity (Wildman–Crippen MR) is 60.3 cm³/mol. The molecule has 0 saturated carbocycles. The number of hydrogen-bond donors (Lipinski definition) is 0. The van der Waals surface area contributed by atoms with Crippen molar-refractivity contribution in [2.75, 3.05) is 0 Å². The summed E-state index contributed by atoms with van der Waals surface area (Å²) in [6, 6.07) is 1.99. The van der Waals surface area contributed by atoms with Crippen LogP contribution in [-0.4, -0.2) is 0 Å². The second kappa shape index (κ2) is 4.08. The second-order valence-electron chi connectivity index (χ2n) is 3.38. The van der Waals surface area contributed by atoms with Gasteiger partial charge in [0.1, 0.15) is 0 Å². The fraction of sp³-hybridized carbons (Fsp3) is 0.400. The van der Waals surface area contributed by atoms with E-state index in [-0.39, 0.29) is 0 Å². The minimum Gasteiger partial charge on any atom is -0.0824 e. The average molecular weight is 238 g/mol. The minimum atomic E-state index is 0.362. The normalized spacial score (nSPS) is 11.0. The summed E-state index contributed by atoms with van der Waals surface area (Å²) in [6.07, 6.45) is 0. The zero-order valence-corrected chi connectivity index (χ0v) is 10.1. The Morgan fingerprint density at radius 2 is 1.54 bits per heavy atom. The molecule has 0 saturated heterocycles. The first kappa shape index (κ1) is 11.2. The fourth-order valence-electron chi connectivity index (χ4n) is 1.18. The van der Waals surface area contributed by atoms with Crippen LogP contribution in [0.1, 0.15) is 30.9 Å². The number of rotatable bonds is 1. The SMILES string of the molecule is Cc1cc(C(C)C)c(Cl)c(Cl)c1Cl. The molecule has 13 heavy (non-hydrogen) atoms. The average Bonchev–Trinajstić information content (AvgIpc) is 2.07. The van der Waals surface area contributed by atoms with Crippen molar-refractivity contribution in [2.45, 2.75) is 26.7 Å². The highest BCUT2D eigenvalue weighted by Gasteiger charge is 2.13. The molecule has 0 bridgehead atoms. The van der Waals surface area contributed by atoms with Crippen LogP contribution in [-0.2, 0) is 0 Å². The fourth-order valence-corrected chi connectivity index (χ4v) is 2.00. The van der Waals surface area contributed by atoms with Crippen LogP contribution in [0.3, 0.4) is 0 Å². The van der Waals surface area contributed by atoms with Gasteiger partial charge in [0, 0.05) is 0 Å². The van der Waals surface area contributed by atoms with Gasteiger partial charge in [0.2, 0.25) is 0 Å². The molecule has 1 aromatic carbocycles. The Balaban J connectivity index is 3.41. The Labute approximate surface area is 93.8 Å². The molecule has 0 nitrogen and oxygen atoms in total. The number of aryl methyl sites for hydroxylation is 1. The van der Waals surface area contributed by atoms with Crippen molar-refractivity contribution in [1.82, 2.24) is 0 Å². The van der Waals surface area contributed by atoms with Gasteiger partial charge in [-0.25, -0.2) is 0 Å². The molecule has 0 amide bonds. The maximum absolute atomic E-state index is 6.05. The summed E-state index contributed by atoms with van der Waals surface area (Å²) in [7, 11) is 0. The molecule has 0 heterocycles. The summed E-state index contributed by atoms with van der Waals surface area (Å²) in [5.74, 6) is 0.362. The van der Waals surface area contributed by atoms with Gasteiger partial charge >= 0.3 is 0 Å². The highest BCUT2D eigenvalue weighted by molar-refractivity contribution is 6.48. The molecule has 0 spiro atoms. The molecule has 0 aromatic heterocycles. The van der Waals surface area contributed by atoms with Crippen LogP contribution in [0.15, 0.2) is 6.07 Å². The van der Waals surface area contributed by atoms with Crippen LogP contribution in [0.4, 0.5) is 0 Å². The van der Waals surface area contributed by atoms with E-state index < -0.39 is 0 Å². The van der Waals surface area contributed by atoms with Crippen molar-refractivity contribution in [3.63, 3.8) is 0 Å². The van der Waals surface area contributed by atoms with E-state index in [0.717, 1.165) is 11.1 Å². The summed E-state index contributed by atoms with van der Waals surface area (Å²) in [4.78, 5) is 0. The van der Waals surface area contributed by atoms with Crippen LogP contribution < -0.4 is 0 Å². The Morgan fingerprint density at radius 3 is 2.00 bits per heavy atom. The molecule has 0 unspecified atom stereocenters. The van der Waals surface area contributed by atoms with E-state index in [1.165, 1.54) is 0 Å². The van der Waals surface area contributed by atoms with Gasteiger partial charge in [-0.15, -0.1) is 0 Å². The van der Waals surface area contributed by atoms with Gasteiger partial charge in [0.15, 0.2) is 0 Å². The molecule has 0 aliphatic carbocycles. The minimum absolute atomic E-state index is 0.362. The number of benzene rings is 1. The van der Waals surface area contributed by atoms with Gasteiger partial charge in [-0.1, -0.05) is 54.7 Å². The summed E-state index contributed by atoms with van der Waals surface area (Å²) in [5, 5.41) is 1.59. The van der Waals surface area contributed by atoms with Crippen molar-refractivity contribution in [3.05, 3.63) is 32.3 Å². The van der Waals surface area contributed by atoms with E-state index in [9.17, 15) is 0 Å². The first-order valence-corrected chi connectivity index (χ1v) is 5.22. The van der Waals surface area contributed by atoms with Crippen LogP contribution >= 0.6 is 34.8 Å². The molecule has 1 rings (SSSR count). The van der Waals surface area contributed by atoms with E-state index in [2.05, 4.69) is 13.8 Å². The Morgan fingerprint density at radius 1 is 1.00 bits per heavy atom. The molecular formula is C10H11Cl3. The molecule has 0 fully saturated rings. The maximum atomic E-state index is 6.05. The van der Waals surface area contributed by atoms with Crippen molar-refractivity contribution in [2.24, 2.45) is 0 Å². The largest absolute Gasteiger partial charge is 0.0824 e. The first-order chi connectivity index (χ1) is 5.95. The highest BCUT2D eigenvalue weighted by atomic mass is 35.5. The lowest BCUT2D eigenvalue weighted by Gasteiger charge is -2.12. The Kier molecular flexibility index (Phi) is 3.50. The molecule has 0 aliphatic rings. The van der Waals surface area contributed by atoms with Gasteiger partial charge < -0.3 is 0 Å². The zero-order valence-electron chi connectivity index (χ0n) is 7.79. The van der Waals surface area contributed by atoms with E-state index in [1.54, 1.807) is 0 Å². The summed E-state index contributed by atoms with van der Waals surface area (Å²) in [5.41, 5.74) is 2.02. The van der Waals surface area contributed by atoms with Crippen LogP contribution in [0.25, 0.3) is 0 Å². The third kappa shape index (κ3) is 2.12. The highest BCUT2D eigenvalue weighted by Crippen LogP contribution is 2.38. The van der Waals surface area contributed by atoms with Crippen molar-refractivity contribution < 1.29 is 0 Å². The Bertz CT molecular complexity index is 329. The lowest BCUT2D eigenvalue weighted by molar-refractivity contribution is 0.865. The smallest absolute Gasteiger partial charge is 0.0784 e. The maximum Gasteiger partial charge on any atom is 0.0784 e. The number of halogens is 3. The molecule has 0 N–H and O–H groups in total. The lowest BCUT2D eigenvalue weighted by atomic mass is 10.0. The third-order valence-electron chi connectivity index (χ3n) is 1.98. The van der Waals surface area contributed by atoms with Gasteiger partial charge in [0.25, 0.3) is 0 Å². The van der Waals surface area contributed by atoms with Gasteiger partial charge in [-0.2, -0.15) is 0 Å². The summed E-state index contributed by atoms with van der Waals surface area (Å²) < 4.78 is 0. The van der Waals surface area contributed by atoms with E-state index in [4.69, 9.17) is 34.8 Å². The molecule has 3 heteroatoms. The van der Waals surface area contributed by atoms with Crippen molar-refractivity contribution in [1.29, 1.82) is 0 Å². The zero-order chi connectivity index (χ0) is 10.2. The molecule has 0 radical (unpaired) electrons. The molecule has 0 atom stereocenters. The third-order valence-corrected chi connectivity index (χ3v) is 3.44. The molecule has 1 aromatic rings. The van der Waals surface area contributed by atoms with E-state index in [0.29, 0.717) is 21.0 Å². The van der Waals surface area contributed by atoms with Gasteiger partial charge in [0.05, 0.1) is 15.1 Å². The molecular weight excluding hydrogens is 226 g/mol. The van der Waals surface area contributed by atoms with E-state index >= 15 is 0 Å². The van der Waals surface area contributed by atoms with Crippen LogP contribution in [0, 0.1) is 6.92 Å². The Hall–Kier alpha value is 0.0900. The first-order valence-electron chi connectivity index (χ1n) is 4.09. The standard InChI is InChI=1S/C10H11Cl3/c1-5(2)7-4-6(3)8(11)10(13)9(7)12/h4-5H,1-3H3. The monoisotopic (exact) mass is 236 g/mol.